The van der Waals surface area contributed by atoms with Crippen LogP contribution in [0, 0.1) is 5.92 Å². The first-order valence-electron chi connectivity index (χ1n) is 9.00. The van der Waals surface area contributed by atoms with Crippen molar-refractivity contribution in [2.75, 3.05) is 53.4 Å². The van der Waals surface area contributed by atoms with Gasteiger partial charge in [0, 0.05) is 13.0 Å². The Kier molecular flexibility index (Phi) is 9.07. The van der Waals surface area contributed by atoms with Crippen molar-refractivity contribution in [3.05, 3.63) is 0 Å². The zero-order valence-corrected chi connectivity index (χ0v) is 16.7. The fraction of sp³-hybridized carbons (Fsp3) is 0.938. The Bertz CT molecular complexity index is 510. The van der Waals surface area contributed by atoms with E-state index in [0.717, 1.165) is 0 Å². The van der Waals surface area contributed by atoms with Crippen LogP contribution in [0.4, 0.5) is 4.39 Å². The van der Waals surface area contributed by atoms with Gasteiger partial charge in [-0.1, -0.05) is 0 Å². The SMILES string of the molecule is CCOP(=O)(OCC)C(F)C(=O)O[C@@H]1CO[C@@H]2[C@H](COCCOC)CO[C@@H]21. The number of alkyl halides is 1. The van der Waals surface area contributed by atoms with Crippen molar-refractivity contribution in [1.29, 1.82) is 0 Å². The van der Waals surface area contributed by atoms with E-state index in [1.54, 1.807) is 7.11 Å². The molecule has 9 nitrogen and oxygen atoms in total. The van der Waals surface area contributed by atoms with Crippen molar-refractivity contribution in [2.24, 2.45) is 5.92 Å². The van der Waals surface area contributed by atoms with Crippen molar-refractivity contribution in [3.8, 4) is 0 Å². The van der Waals surface area contributed by atoms with Gasteiger partial charge in [0.05, 0.1) is 52.4 Å². The quantitative estimate of drug-likeness (QED) is 0.267. The van der Waals surface area contributed by atoms with Crippen LogP contribution in [0.25, 0.3) is 0 Å². The fourth-order valence-electron chi connectivity index (χ4n) is 3.03. The topological polar surface area (TPSA) is 98.8 Å². The van der Waals surface area contributed by atoms with E-state index in [-0.39, 0.29) is 31.8 Å². The number of hydrogen-bond acceptors (Lipinski definition) is 9. The number of carbonyl (C=O) groups excluding carboxylic acids is 1. The lowest BCUT2D eigenvalue weighted by Crippen LogP contribution is -2.36. The van der Waals surface area contributed by atoms with Crippen molar-refractivity contribution >= 4 is 13.6 Å². The monoisotopic (exact) mass is 414 g/mol. The molecule has 158 valence electrons. The Morgan fingerprint density at radius 2 is 1.81 bits per heavy atom. The second-order valence-electron chi connectivity index (χ2n) is 6.11. The Morgan fingerprint density at radius 3 is 2.44 bits per heavy atom. The van der Waals surface area contributed by atoms with E-state index in [2.05, 4.69) is 0 Å². The first-order valence-corrected chi connectivity index (χ1v) is 10.6. The number of methoxy groups -OCH3 is 1. The van der Waals surface area contributed by atoms with Crippen LogP contribution in [0.15, 0.2) is 0 Å². The molecule has 0 bridgehead atoms. The molecular formula is C16H28FO9P. The molecule has 1 unspecified atom stereocenters. The minimum atomic E-state index is -4.24. The third kappa shape index (κ3) is 5.69. The van der Waals surface area contributed by atoms with Gasteiger partial charge in [0.15, 0.2) is 6.10 Å². The highest BCUT2D eigenvalue weighted by Gasteiger charge is 2.51. The third-order valence-corrected chi connectivity index (χ3v) is 6.23. The first-order chi connectivity index (χ1) is 13.0. The van der Waals surface area contributed by atoms with Crippen LogP contribution in [0.3, 0.4) is 0 Å². The molecular weight excluding hydrogens is 386 g/mol. The molecule has 0 amide bonds. The summed E-state index contributed by atoms with van der Waals surface area (Å²) in [5, 5.41) is 0. The molecule has 0 aliphatic carbocycles. The highest BCUT2D eigenvalue weighted by atomic mass is 31.2. The molecule has 5 atom stereocenters. The fourth-order valence-corrected chi connectivity index (χ4v) is 4.40. The van der Waals surface area contributed by atoms with E-state index in [1.807, 2.05) is 0 Å². The summed E-state index contributed by atoms with van der Waals surface area (Å²) in [6.07, 6.45) is -1.62. The van der Waals surface area contributed by atoms with E-state index in [1.165, 1.54) is 13.8 Å². The zero-order chi connectivity index (χ0) is 19.9. The summed E-state index contributed by atoms with van der Waals surface area (Å²) in [6.45, 7) is 4.74. The summed E-state index contributed by atoms with van der Waals surface area (Å²) < 4.78 is 63.4. The lowest BCUT2D eigenvalue weighted by Gasteiger charge is -2.22. The molecule has 0 aromatic carbocycles. The number of halogens is 1. The third-order valence-electron chi connectivity index (χ3n) is 4.23. The number of ether oxygens (including phenoxy) is 5. The Balaban J connectivity index is 1.87. The maximum absolute atomic E-state index is 14.4. The van der Waals surface area contributed by atoms with Crippen LogP contribution in [-0.4, -0.2) is 83.6 Å². The summed E-state index contributed by atoms with van der Waals surface area (Å²) in [4.78, 5) is 12.1. The van der Waals surface area contributed by atoms with Crippen LogP contribution >= 0.6 is 7.60 Å². The molecule has 0 N–H and O–H groups in total. The lowest BCUT2D eigenvalue weighted by molar-refractivity contribution is -0.157. The van der Waals surface area contributed by atoms with E-state index < -0.39 is 31.7 Å². The Labute approximate surface area is 158 Å². The van der Waals surface area contributed by atoms with E-state index in [4.69, 9.17) is 32.7 Å². The highest BCUT2D eigenvalue weighted by Crippen LogP contribution is 2.54. The molecule has 0 aromatic heterocycles. The number of fused-ring (bicyclic) bond motifs is 1. The minimum absolute atomic E-state index is 0.0188. The van der Waals surface area contributed by atoms with Crippen LogP contribution in [0.1, 0.15) is 13.8 Å². The number of rotatable bonds is 12. The minimum Gasteiger partial charge on any atom is -0.454 e. The smallest absolute Gasteiger partial charge is 0.376 e. The van der Waals surface area contributed by atoms with Crippen molar-refractivity contribution in [1.82, 2.24) is 0 Å². The number of hydrogen-bond donors (Lipinski definition) is 0. The molecule has 2 rings (SSSR count). The van der Waals surface area contributed by atoms with Crippen LogP contribution in [-0.2, 0) is 42.1 Å². The van der Waals surface area contributed by atoms with Gasteiger partial charge in [0.25, 0.3) is 5.91 Å². The summed E-state index contributed by atoms with van der Waals surface area (Å²) in [5.41, 5.74) is 0. The van der Waals surface area contributed by atoms with Gasteiger partial charge in [-0.05, 0) is 13.8 Å². The number of carbonyl (C=O) groups is 1. The molecule has 2 heterocycles. The molecule has 11 heteroatoms. The van der Waals surface area contributed by atoms with Crippen molar-refractivity contribution in [2.45, 2.75) is 38.1 Å². The van der Waals surface area contributed by atoms with Gasteiger partial charge in [-0.25, -0.2) is 9.18 Å². The number of esters is 1. The predicted molar refractivity (Wildman–Crippen MR) is 91.3 cm³/mol. The summed E-state index contributed by atoms with van der Waals surface area (Å²) in [7, 11) is -2.65. The van der Waals surface area contributed by atoms with Crippen molar-refractivity contribution < 1.29 is 46.5 Å². The summed E-state index contributed by atoms with van der Waals surface area (Å²) in [5.74, 6) is -3.85. The van der Waals surface area contributed by atoms with Crippen LogP contribution < -0.4 is 0 Å². The highest BCUT2D eigenvalue weighted by molar-refractivity contribution is 7.55. The van der Waals surface area contributed by atoms with Gasteiger partial charge in [-0.15, -0.1) is 0 Å². The molecule has 0 saturated carbocycles. The zero-order valence-electron chi connectivity index (χ0n) is 15.8. The maximum Gasteiger partial charge on any atom is 0.376 e. The summed E-state index contributed by atoms with van der Waals surface area (Å²) in [6, 6.07) is 0. The largest absolute Gasteiger partial charge is 0.454 e. The molecule has 2 aliphatic heterocycles. The molecule has 0 radical (unpaired) electrons. The lowest BCUT2D eigenvalue weighted by atomic mass is 10.0. The van der Waals surface area contributed by atoms with Gasteiger partial charge in [0.1, 0.15) is 6.10 Å². The standard InChI is InChI=1S/C16H28FO9P/c1-4-24-27(19,25-5-2)15(17)16(18)26-12-10-23-13-11(9-22-14(12)13)8-21-7-6-20-3/h11-15H,4-10H2,1-3H3/t11-,12-,13-,14-,15?/m1/s1. The van der Waals surface area contributed by atoms with E-state index in [0.29, 0.717) is 26.4 Å². The van der Waals surface area contributed by atoms with Gasteiger partial charge in [-0.3, -0.25) is 4.57 Å². The normalized spacial score (nSPS) is 28.9. The van der Waals surface area contributed by atoms with Gasteiger partial charge in [0.2, 0.25) is 0 Å². The average Bonchev–Trinajstić information content (AvgIpc) is 3.22. The molecule has 27 heavy (non-hydrogen) atoms. The second-order valence-corrected chi connectivity index (χ2v) is 8.16. The van der Waals surface area contributed by atoms with Crippen LogP contribution in [0.5, 0.6) is 0 Å². The van der Waals surface area contributed by atoms with E-state index in [9.17, 15) is 13.8 Å². The Morgan fingerprint density at radius 1 is 1.15 bits per heavy atom. The molecule has 2 fully saturated rings. The molecule has 0 aromatic rings. The van der Waals surface area contributed by atoms with Gasteiger partial charge >= 0.3 is 13.6 Å². The molecule has 2 saturated heterocycles. The predicted octanol–water partition coefficient (Wildman–Crippen LogP) is 1.54. The van der Waals surface area contributed by atoms with Gasteiger partial charge < -0.3 is 32.7 Å². The summed E-state index contributed by atoms with van der Waals surface area (Å²) >= 11 is 0. The average molecular weight is 414 g/mol. The van der Waals surface area contributed by atoms with Crippen LogP contribution in [0.2, 0.25) is 0 Å². The van der Waals surface area contributed by atoms with Gasteiger partial charge in [-0.2, -0.15) is 0 Å². The van der Waals surface area contributed by atoms with E-state index >= 15 is 0 Å². The first kappa shape index (κ1) is 22.7. The maximum atomic E-state index is 14.4. The second kappa shape index (κ2) is 10.8. The molecule has 0 spiro atoms. The molecule has 2 aliphatic rings. The van der Waals surface area contributed by atoms with Crippen molar-refractivity contribution in [3.63, 3.8) is 0 Å². The Hall–Kier alpha value is -0.610.